The van der Waals surface area contributed by atoms with Gasteiger partial charge >= 0.3 is 0 Å². The minimum atomic E-state index is 0.757. The highest BCUT2D eigenvalue weighted by molar-refractivity contribution is 5.94. The lowest BCUT2D eigenvalue weighted by molar-refractivity contribution is 0.693. The molecule has 0 saturated heterocycles. The Balaban J connectivity index is 2.76. The van der Waals surface area contributed by atoms with Crippen molar-refractivity contribution < 1.29 is 0 Å². The molecule has 0 radical (unpaired) electrons. The summed E-state index contributed by atoms with van der Waals surface area (Å²) in [5, 5.41) is 4.41. The predicted molar refractivity (Wildman–Crippen MR) is 64.5 cm³/mol. The third kappa shape index (κ3) is 3.35. The van der Waals surface area contributed by atoms with E-state index in [1.165, 1.54) is 5.69 Å². The Morgan fingerprint density at radius 3 is 2.73 bits per heavy atom. The van der Waals surface area contributed by atoms with Gasteiger partial charge in [0.05, 0.1) is 18.0 Å². The molecular formula is C12H19N3. The van der Waals surface area contributed by atoms with Crippen LogP contribution >= 0.6 is 0 Å². The third-order valence-corrected chi connectivity index (χ3v) is 2.25. The summed E-state index contributed by atoms with van der Waals surface area (Å²) in [7, 11) is 1.82. The van der Waals surface area contributed by atoms with E-state index in [1.54, 1.807) is 0 Å². The lowest BCUT2D eigenvalue weighted by Crippen LogP contribution is -2.10. The fourth-order valence-electron chi connectivity index (χ4n) is 1.44. The van der Waals surface area contributed by atoms with Gasteiger partial charge in [-0.25, -0.2) is 0 Å². The van der Waals surface area contributed by atoms with Crippen molar-refractivity contribution in [2.75, 3.05) is 7.05 Å². The molecule has 82 valence electrons. The van der Waals surface area contributed by atoms with E-state index in [0.717, 1.165) is 24.4 Å². The van der Waals surface area contributed by atoms with Crippen LogP contribution in [0.15, 0.2) is 23.2 Å². The van der Waals surface area contributed by atoms with Crippen molar-refractivity contribution in [3.05, 3.63) is 29.6 Å². The summed E-state index contributed by atoms with van der Waals surface area (Å²) in [6, 6.07) is 2.08. The van der Waals surface area contributed by atoms with Crippen LogP contribution in [0, 0.1) is 13.8 Å². The summed E-state index contributed by atoms with van der Waals surface area (Å²) < 4.78 is 1.98. The quantitative estimate of drug-likeness (QED) is 0.695. The molecule has 3 heteroatoms. The van der Waals surface area contributed by atoms with Gasteiger partial charge in [-0.15, -0.1) is 0 Å². The number of allylic oxidation sites excluding steroid dienone is 2. The van der Waals surface area contributed by atoms with E-state index in [0.29, 0.717) is 0 Å². The summed E-state index contributed by atoms with van der Waals surface area (Å²) in [6.07, 6.45) is 5.22. The van der Waals surface area contributed by atoms with Crippen LogP contribution in [0.5, 0.6) is 0 Å². The maximum Gasteiger partial charge on any atom is 0.0829 e. The number of nitrogens with zero attached hydrogens (tertiary/aromatic N) is 3. The molecule has 0 aliphatic rings. The molecule has 0 bridgehead atoms. The molecule has 1 aromatic heterocycles. The smallest absolute Gasteiger partial charge is 0.0829 e. The van der Waals surface area contributed by atoms with Crippen LogP contribution in [0.1, 0.15) is 24.7 Å². The maximum atomic E-state index is 4.41. The predicted octanol–water partition coefficient (Wildman–Crippen LogP) is 2.54. The molecule has 0 fully saturated rings. The Bertz CT molecular complexity index is 372. The molecule has 0 aliphatic carbocycles. The van der Waals surface area contributed by atoms with Gasteiger partial charge in [0.15, 0.2) is 0 Å². The van der Waals surface area contributed by atoms with Crippen LogP contribution in [0.3, 0.4) is 0 Å². The van der Waals surface area contributed by atoms with Crippen molar-refractivity contribution in [1.82, 2.24) is 9.78 Å². The summed E-state index contributed by atoms with van der Waals surface area (Å²) in [5.74, 6) is 0. The lowest BCUT2D eigenvalue weighted by atomic mass is 10.3. The topological polar surface area (TPSA) is 30.2 Å². The van der Waals surface area contributed by atoms with Crippen LogP contribution in [0.25, 0.3) is 0 Å². The fourth-order valence-corrected chi connectivity index (χ4v) is 1.44. The molecule has 15 heavy (non-hydrogen) atoms. The number of aliphatic imine (C=N–C) groups is 1. The van der Waals surface area contributed by atoms with Crippen LogP contribution in [0.2, 0.25) is 0 Å². The molecule has 0 aliphatic heterocycles. The van der Waals surface area contributed by atoms with Crippen molar-refractivity contribution in [1.29, 1.82) is 0 Å². The Labute approximate surface area is 91.5 Å². The summed E-state index contributed by atoms with van der Waals surface area (Å²) in [6.45, 7) is 6.95. The van der Waals surface area contributed by atoms with Gasteiger partial charge in [-0.2, -0.15) is 5.10 Å². The molecule has 0 unspecified atom stereocenters. The Morgan fingerprint density at radius 2 is 2.27 bits per heavy atom. The molecule has 0 saturated carbocycles. The van der Waals surface area contributed by atoms with Gasteiger partial charge < -0.3 is 0 Å². The zero-order valence-electron chi connectivity index (χ0n) is 9.99. The molecule has 0 spiro atoms. The average molecular weight is 205 g/mol. The molecule has 3 nitrogen and oxygen atoms in total. The number of aromatic nitrogens is 2. The molecule has 0 amide bonds. The number of rotatable bonds is 4. The van der Waals surface area contributed by atoms with Gasteiger partial charge in [-0.1, -0.05) is 13.0 Å². The highest BCUT2D eigenvalue weighted by Crippen LogP contribution is 2.02. The van der Waals surface area contributed by atoms with Crippen LogP contribution < -0.4 is 0 Å². The first-order chi connectivity index (χ1) is 7.17. The van der Waals surface area contributed by atoms with Crippen LogP contribution in [-0.2, 0) is 6.54 Å². The first-order valence-corrected chi connectivity index (χ1v) is 5.30. The molecular weight excluding hydrogens is 186 g/mol. The molecule has 0 aromatic carbocycles. The summed E-state index contributed by atoms with van der Waals surface area (Å²) >= 11 is 0. The first kappa shape index (κ1) is 11.7. The third-order valence-electron chi connectivity index (χ3n) is 2.25. The molecule has 1 heterocycles. The fraction of sp³-hybridized carbons (Fsp3) is 0.500. The van der Waals surface area contributed by atoms with Crippen molar-refractivity contribution in [2.24, 2.45) is 4.99 Å². The summed E-state index contributed by atoms with van der Waals surface area (Å²) in [4.78, 5) is 4.24. The van der Waals surface area contributed by atoms with Crippen LogP contribution in [0.4, 0.5) is 0 Å². The van der Waals surface area contributed by atoms with Gasteiger partial charge in [0, 0.05) is 12.7 Å². The average Bonchev–Trinajstić information content (AvgIpc) is 2.52. The van der Waals surface area contributed by atoms with Gasteiger partial charge in [0.25, 0.3) is 0 Å². The van der Waals surface area contributed by atoms with E-state index in [4.69, 9.17) is 0 Å². The van der Waals surface area contributed by atoms with Crippen molar-refractivity contribution >= 4 is 5.71 Å². The van der Waals surface area contributed by atoms with E-state index in [-0.39, 0.29) is 0 Å². The largest absolute Gasteiger partial charge is 0.291 e. The second kappa shape index (κ2) is 5.49. The van der Waals surface area contributed by atoms with E-state index in [1.807, 2.05) is 18.7 Å². The van der Waals surface area contributed by atoms with Crippen LogP contribution in [-0.4, -0.2) is 22.5 Å². The van der Waals surface area contributed by atoms with E-state index >= 15 is 0 Å². The Kier molecular flexibility index (Phi) is 4.28. The van der Waals surface area contributed by atoms with Crippen molar-refractivity contribution in [3.8, 4) is 0 Å². The SMILES string of the molecule is CC/C=C\C(Cn1nc(C)cc1C)=NC. The van der Waals surface area contributed by atoms with Gasteiger partial charge in [0.2, 0.25) is 0 Å². The zero-order valence-corrected chi connectivity index (χ0v) is 9.99. The first-order valence-electron chi connectivity index (χ1n) is 5.30. The standard InChI is InChI=1S/C12H19N3/c1-5-6-7-12(13-4)9-15-11(3)8-10(2)14-15/h6-8H,5,9H2,1-4H3/b7-6-,13-12?. The number of hydrogen-bond donors (Lipinski definition) is 0. The molecule has 1 rings (SSSR count). The Morgan fingerprint density at radius 1 is 1.53 bits per heavy atom. The van der Waals surface area contributed by atoms with Crippen molar-refractivity contribution in [3.63, 3.8) is 0 Å². The maximum absolute atomic E-state index is 4.41. The summed E-state index contributed by atoms with van der Waals surface area (Å²) in [5.41, 5.74) is 3.30. The second-order valence-corrected chi connectivity index (χ2v) is 3.61. The zero-order chi connectivity index (χ0) is 11.3. The molecule has 1 aromatic rings. The normalized spacial score (nSPS) is 12.7. The highest BCUT2D eigenvalue weighted by atomic mass is 15.3. The van der Waals surface area contributed by atoms with Crippen molar-refractivity contribution in [2.45, 2.75) is 33.7 Å². The van der Waals surface area contributed by atoms with E-state index in [9.17, 15) is 0 Å². The lowest BCUT2D eigenvalue weighted by Gasteiger charge is -2.03. The van der Waals surface area contributed by atoms with E-state index < -0.39 is 0 Å². The number of aryl methyl sites for hydroxylation is 2. The monoisotopic (exact) mass is 205 g/mol. The van der Waals surface area contributed by atoms with Gasteiger partial charge in [-0.3, -0.25) is 9.67 Å². The minimum Gasteiger partial charge on any atom is -0.291 e. The molecule has 0 N–H and O–H groups in total. The minimum absolute atomic E-state index is 0.757. The van der Waals surface area contributed by atoms with E-state index in [2.05, 4.69) is 42.2 Å². The second-order valence-electron chi connectivity index (χ2n) is 3.61. The highest BCUT2D eigenvalue weighted by Gasteiger charge is 2.02. The molecule has 0 atom stereocenters. The van der Waals surface area contributed by atoms with Gasteiger partial charge in [0.1, 0.15) is 0 Å². The number of hydrogen-bond acceptors (Lipinski definition) is 2. The van der Waals surface area contributed by atoms with Gasteiger partial charge in [-0.05, 0) is 32.4 Å². The Hall–Kier alpha value is -1.38.